The summed E-state index contributed by atoms with van der Waals surface area (Å²) in [7, 11) is 0. The van der Waals surface area contributed by atoms with Crippen molar-refractivity contribution in [3.05, 3.63) is 29.8 Å². The molecule has 1 atom stereocenters. The quantitative estimate of drug-likeness (QED) is 0.779. The van der Waals surface area contributed by atoms with Gasteiger partial charge in [0.25, 0.3) is 0 Å². The van der Waals surface area contributed by atoms with Crippen LogP contribution < -0.4 is 10.1 Å². The second-order valence-corrected chi connectivity index (χ2v) is 3.87. The summed E-state index contributed by atoms with van der Waals surface area (Å²) in [6.07, 6.45) is -0.00378. The molecule has 1 aromatic rings. The monoisotopic (exact) mass is 269 g/mol. The third kappa shape index (κ3) is 4.95. The van der Waals surface area contributed by atoms with Crippen LogP contribution in [-0.2, 0) is 16.0 Å². The fourth-order valence-electron chi connectivity index (χ4n) is 1.47. The van der Waals surface area contributed by atoms with Crippen molar-refractivity contribution in [2.45, 2.75) is 19.4 Å². The summed E-state index contributed by atoms with van der Waals surface area (Å²) in [5, 5.41) is 10.7. The van der Waals surface area contributed by atoms with Crippen molar-refractivity contribution in [2.75, 3.05) is 13.3 Å². The van der Waals surface area contributed by atoms with Gasteiger partial charge in [-0.3, -0.25) is 4.79 Å². The van der Waals surface area contributed by atoms with Crippen molar-refractivity contribution < 1.29 is 23.8 Å². The van der Waals surface area contributed by atoms with Gasteiger partial charge in [-0.15, -0.1) is 0 Å². The van der Waals surface area contributed by atoms with E-state index in [4.69, 9.17) is 9.84 Å². The number of nitrogens with one attached hydrogen (secondary N) is 1. The molecule has 0 aliphatic heterocycles. The number of carboxylic acids is 1. The molecule has 0 aromatic heterocycles. The number of halogens is 1. The van der Waals surface area contributed by atoms with E-state index in [9.17, 15) is 14.0 Å². The number of hydrogen-bond donors (Lipinski definition) is 2. The van der Waals surface area contributed by atoms with E-state index in [1.54, 1.807) is 24.3 Å². The molecular formula is C13H16FNO4. The van der Waals surface area contributed by atoms with Crippen molar-refractivity contribution in [3.63, 3.8) is 0 Å². The minimum atomic E-state index is -1.49. The van der Waals surface area contributed by atoms with Gasteiger partial charge in [0.1, 0.15) is 12.4 Å². The number of carbonyl (C=O) groups is 2. The number of hydrogen-bond acceptors (Lipinski definition) is 3. The first-order chi connectivity index (χ1) is 9.06. The fraction of sp³-hybridized carbons (Fsp3) is 0.385. The van der Waals surface area contributed by atoms with E-state index in [-0.39, 0.29) is 6.42 Å². The predicted octanol–water partition coefficient (Wildman–Crippen LogP) is 1.17. The van der Waals surface area contributed by atoms with Gasteiger partial charge < -0.3 is 15.2 Å². The van der Waals surface area contributed by atoms with Crippen LogP contribution in [0, 0.1) is 0 Å². The van der Waals surface area contributed by atoms with Crippen LogP contribution in [0.3, 0.4) is 0 Å². The van der Waals surface area contributed by atoms with Crippen molar-refractivity contribution in [3.8, 4) is 5.75 Å². The molecule has 1 aromatic carbocycles. The molecule has 1 amide bonds. The van der Waals surface area contributed by atoms with Crippen LogP contribution in [-0.4, -0.2) is 36.3 Å². The molecule has 0 bridgehead atoms. The Morgan fingerprint density at radius 2 is 2.00 bits per heavy atom. The lowest BCUT2D eigenvalue weighted by atomic mass is 10.1. The van der Waals surface area contributed by atoms with Gasteiger partial charge in [-0.05, 0) is 24.6 Å². The highest BCUT2D eigenvalue weighted by atomic mass is 19.1. The van der Waals surface area contributed by atoms with Gasteiger partial charge in [0.05, 0.1) is 13.0 Å². The molecule has 0 saturated heterocycles. The van der Waals surface area contributed by atoms with Crippen LogP contribution in [0.1, 0.15) is 12.5 Å². The molecule has 0 spiro atoms. The van der Waals surface area contributed by atoms with Gasteiger partial charge in [-0.2, -0.15) is 0 Å². The summed E-state index contributed by atoms with van der Waals surface area (Å²) in [5.41, 5.74) is 0.698. The Morgan fingerprint density at radius 3 is 2.47 bits per heavy atom. The third-order valence-electron chi connectivity index (χ3n) is 2.39. The maximum Gasteiger partial charge on any atom is 0.328 e. The molecule has 0 heterocycles. The van der Waals surface area contributed by atoms with Gasteiger partial charge in [0.2, 0.25) is 5.91 Å². The summed E-state index contributed by atoms with van der Waals surface area (Å²) < 4.78 is 17.6. The van der Waals surface area contributed by atoms with E-state index in [2.05, 4.69) is 5.32 Å². The van der Waals surface area contributed by atoms with Crippen molar-refractivity contribution in [2.24, 2.45) is 0 Å². The van der Waals surface area contributed by atoms with E-state index in [0.29, 0.717) is 17.9 Å². The number of ether oxygens (including phenoxy) is 1. The standard InChI is InChI=1S/C13H16FNO4/c1-2-19-10-5-3-9(4-6-10)7-12(16)15-11(8-14)13(17)18/h3-6,11H,2,7-8H2,1H3,(H,15,16)(H,17,18). The van der Waals surface area contributed by atoms with Crippen LogP contribution >= 0.6 is 0 Å². The summed E-state index contributed by atoms with van der Waals surface area (Å²) >= 11 is 0. The Balaban J connectivity index is 2.54. The number of carboxylic acid groups (broad SMARTS) is 1. The van der Waals surface area contributed by atoms with Crippen LogP contribution in [0.5, 0.6) is 5.75 Å². The Kier molecular flexibility index (Phi) is 5.78. The molecule has 1 rings (SSSR count). The third-order valence-corrected chi connectivity index (χ3v) is 2.39. The lowest BCUT2D eigenvalue weighted by Gasteiger charge is -2.11. The molecule has 0 saturated carbocycles. The summed E-state index contributed by atoms with van der Waals surface area (Å²) in [6.45, 7) is 1.28. The zero-order valence-electron chi connectivity index (χ0n) is 10.6. The zero-order chi connectivity index (χ0) is 14.3. The molecular weight excluding hydrogens is 253 g/mol. The number of benzene rings is 1. The van der Waals surface area contributed by atoms with Crippen LogP contribution in [0.15, 0.2) is 24.3 Å². The number of rotatable bonds is 7. The highest BCUT2D eigenvalue weighted by Crippen LogP contribution is 2.12. The van der Waals surface area contributed by atoms with Crippen molar-refractivity contribution in [1.82, 2.24) is 5.32 Å². The van der Waals surface area contributed by atoms with Crippen LogP contribution in [0.4, 0.5) is 4.39 Å². The number of carbonyl (C=O) groups excluding carboxylic acids is 1. The first-order valence-corrected chi connectivity index (χ1v) is 5.86. The molecule has 0 aliphatic carbocycles. The molecule has 104 valence electrons. The van der Waals surface area contributed by atoms with Crippen LogP contribution in [0.25, 0.3) is 0 Å². The molecule has 5 nitrogen and oxygen atoms in total. The minimum Gasteiger partial charge on any atom is -0.494 e. The van der Waals surface area contributed by atoms with E-state index in [1.165, 1.54) is 0 Å². The maximum atomic E-state index is 12.3. The molecule has 0 radical (unpaired) electrons. The first kappa shape index (κ1) is 14.9. The molecule has 0 fully saturated rings. The SMILES string of the molecule is CCOc1ccc(CC(=O)NC(CF)C(=O)O)cc1. The predicted molar refractivity (Wildman–Crippen MR) is 66.9 cm³/mol. The van der Waals surface area contributed by atoms with Gasteiger partial charge in [-0.1, -0.05) is 12.1 Å². The minimum absolute atomic E-state index is 0.00378. The molecule has 19 heavy (non-hydrogen) atoms. The Bertz CT molecular complexity index is 433. The number of aliphatic carboxylic acids is 1. The van der Waals surface area contributed by atoms with Gasteiger partial charge in [0, 0.05) is 0 Å². The van der Waals surface area contributed by atoms with Crippen molar-refractivity contribution >= 4 is 11.9 Å². The highest BCUT2D eigenvalue weighted by molar-refractivity contribution is 5.84. The van der Waals surface area contributed by atoms with Gasteiger partial charge in [-0.25, -0.2) is 9.18 Å². The maximum absolute atomic E-state index is 12.3. The molecule has 6 heteroatoms. The largest absolute Gasteiger partial charge is 0.494 e. The highest BCUT2D eigenvalue weighted by Gasteiger charge is 2.19. The number of alkyl halides is 1. The average molecular weight is 269 g/mol. The Hall–Kier alpha value is -2.11. The lowest BCUT2D eigenvalue weighted by Crippen LogP contribution is -2.42. The Labute approximate surface area is 110 Å². The smallest absolute Gasteiger partial charge is 0.328 e. The second kappa shape index (κ2) is 7.35. The van der Waals surface area contributed by atoms with Crippen LogP contribution in [0.2, 0.25) is 0 Å². The van der Waals surface area contributed by atoms with E-state index in [0.717, 1.165) is 0 Å². The second-order valence-electron chi connectivity index (χ2n) is 3.87. The first-order valence-electron chi connectivity index (χ1n) is 5.86. The molecule has 1 unspecified atom stereocenters. The van der Waals surface area contributed by atoms with Gasteiger partial charge in [0.15, 0.2) is 6.04 Å². The number of amides is 1. The lowest BCUT2D eigenvalue weighted by molar-refractivity contribution is -0.142. The fourth-order valence-corrected chi connectivity index (χ4v) is 1.47. The summed E-state index contributed by atoms with van der Waals surface area (Å²) in [4.78, 5) is 22.1. The summed E-state index contributed by atoms with van der Waals surface area (Å²) in [5.74, 6) is -1.23. The Morgan fingerprint density at radius 1 is 1.37 bits per heavy atom. The van der Waals surface area contributed by atoms with E-state index >= 15 is 0 Å². The summed E-state index contributed by atoms with van der Waals surface area (Å²) in [6, 6.07) is 5.35. The topological polar surface area (TPSA) is 75.6 Å². The normalized spacial score (nSPS) is 11.7. The zero-order valence-corrected chi connectivity index (χ0v) is 10.6. The molecule has 0 aliphatic rings. The van der Waals surface area contributed by atoms with Gasteiger partial charge >= 0.3 is 5.97 Å². The molecule has 2 N–H and O–H groups in total. The van der Waals surface area contributed by atoms with Crippen molar-refractivity contribution in [1.29, 1.82) is 0 Å². The van der Waals surface area contributed by atoms with E-state index in [1.807, 2.05) is 6.92 Å². The average Bonchev–Trinajstić information content (AvgIpc) is 2.38. The van der Waals surface area contributed by atoms with E-state index < -0.39 is 24.6 Å².